The summed E-state index contributed by atoms with van der Waals surface area (Å²) in [7, 11) is 0. The third-order valence-corrected chi connectivity index (χ3v) is 7.02. The van der Waals surface area contributed by atoms with Crippen molar-refractivity contribution in [3.63, 3.8) is 0 Å². The van der Waals surface area contributed by atoms with Crippen LogP contribution in [0.25, 0.3) is 0 Å². The number of nitrogens with one attached hydrogen (secondary N) is 1. The molecule has 1 heterocycles. The van der Waals surface area contributed by atoms with Crippen molar-refractivity contribution in [1.82, 2.24) is 15.1 Å². The van der Waals surface area contributed by atoms with Gasteiger partial charge in [-0.25, -0.2) is 0 Å². The Bertz CT molecular complexity index is 1140. The molecule has 0 radical (unpaired) electrons. The number of carbonyl (C=O) groups excluding carboxylic acids is 4. The van der Waals surface area contributed by atoms with Gasteiger partial charge in [0.15, 0.2) is 5.78 Å². The summed E-state index contributed by atoms with van der Waals surface area (Å²) in [6.45, 7) is 12.7. The normalized spacial score (nSPS) is 17.6. The molecule has 204 valence electrons. The standard InChI is InChI=1S/C31H41N3O4/c1-21(2)19-26(32-28(36)23-13-15-25(16-14-23)31(4,5)6)30(38)34-18-10-17-33(20-27(35)22(34)3)29(37)24-11-8-7-9-12-24/h7-9,11-16,21-22,26H,10,17-20H2,1-6H3,(H,32,36)/t22?,26-/m0/s1. The van der Waals surface area contributed by atoms with Crippen molar-refractivity contribution >= 4 is 23.5 Å². The first-order valence-electron chi connectivity index (χ1n) is 13.5. The summed E-state index contributed by atoms with van der Waals surface area (Å²) in [6.07, 6.45) is 0.999. The molecule has 1 N–H and O–H groups in total. The fourth-order valence-electron chi connectivity index (χ4n) is 4.69. The van der Waals surface area contributed by atoms with Gasteiger partial charge in [-0.1, -0.05) is 65.0 Å². The molecular formula is C31H41N3O4. The zero-order valence-electron chi connectivity index (χ0n) is 23.5. The van der Waals surface area contributed by atoms with Crippen LogP contribution < -0.4 is 5.32 Å². The Labute approximate surface area is 226 Å². The first kappa shape index (κ1) is 29.1. The maximum Gasteiger partial charge on any atom is 0.254 e. The van der Waals surface area contributed by atoms with E-state index in [-0.39, 0.29) is 41.4 Å². The van der Waals surface area contributed by atoms with Crippen LogP contribution in [0.15, 0.2) is 54.6 Å². The Kier molecular flexibility index (Phi) is 9.47. The second kappa shape index (κ2) is 12.4. The van der Waals surface area contributed by atoms with E-state index in [9.17, 15) is 19.2 Å². The largest absolute Gasteiger partial charge is 0.340 e. The van der Waals surface area contributed by atoms with Crippen molar-refractivity contribution in [2.75, 3.05) is 19.6 Å². The van der Waals surface area contributed by atoms with E-state index in [1.807, 2.05) is 32.0 Å². The smallest absolute Gasteiger partial charge is 0.254 e. The maximum absolute atomic E-state index is 13.7. The highest BCUT2D eigenvalue weighted by molar-refractivity contribution is 6.00. The molecule has 1 aliphatic rings. The number of amides is 3. The summed E-state index contributed by atoms with van der Waals surface area (Å²) in [5, 5.41) is 2.93. The van der Waals surface area contributed by atoms with E-state index >= 15 is 0 Å². The molecule has 1 saturated heterocycles. The van der Waals surface area contributed by atoms with Gasteiger partial charge in [-0.2, -0.15) is 0 Å². The predicted octanol–water partition coefficient (Wildman–Crippen LogP) is 4.46. The fraction of sp³-hybridized carbons (Fsp3) is 0.484. The molecule has 1 aliphatic heterocycles. The zero-order chi connectivity index (χ0) is 28.0. The van der Waals surface area contributed by atoms with Crippen molar-refractivity contribution in [2.24, 2.45) is 5.92 Å². The molecule has 7 nitrogen and oxygen atoms in total. The van der Waals surface area contributed by atoms with E-state index in [1.54, 1.807) is 53.1 Å². The van der Waals surface area contributed by atoms with Crippen molar-refractivity contribution < 1.29 is 19.2 Å². The van der Waals surface area contributed by atoms with Gasteiger partial charge >= 0.3 is 0 Å². The molecule has 0 aliphatic carbocycles. The van der Waals surface area contributed by atoms with E-state index < -0.39 is 12.1 Å². The van der Waals surface area contributed by atoms with E-state index in [1.165, 1.54) is 0 Å². The third kappa shape index (κ3) is 7.30. The van der Waals surface area contributed by atoms with Crippen LogP contribution in [0.1, 0.15) is 80.7 Å². The minimum absolute atomic E-state index is 0.0272. The van der Waals surface area contributed by atoms with Crippen molar-refractivity contribution in [2.45, 2.75) is 71.9 Å². The number of carbonyl (C=O) groups is 4. The van der Waals surface area contributed by atoms with E-state index in [0.717, 1.165) is 5.56 Å². The average molecular weight is 520 g/mol. The lowest BCUT2D eigenvalue weighted by Gasteiger charge is -2.36. The van der Waals surface area contributed by atoms with Gasteiger partial charge in [-0.15, -0.1) is 0 Å². The van der Waals surface area contributed by atoms with Gasteiger partial charge in [0.25, 0.3) is 11.8 Å². The number of hydrogen-bond acceptors (Lipinski definition) is 4. The summed E-state index contributed by atoms with van der Waals surface area (Å²) >= 11 is 0. The Morgan fingerprint density at radius 3 is 2.16 bits per heavy atom. The van der Waals surface area contributed by atoms with Crippen LogP contribution in [0, 0.1) is 5.92 Å². The third-order valence-electron chi connectivity index (χ3n) is 7.02. The summed E-state index contributed by atoms with van der Waals surface area (Å²) in [6, 6.07) is 14.9. The molecule has 0 spiro atoms. The van der Waals surface area contributed by atoms with E-state index in [0.29, 0.717) is 37.1 Å². The Balaban J connectivity index is 1.73. The van der Waals surface area contributed by atoms with Gasteiger partial charge < -0.3 is 15.1 Å². The molecular weight excluding hydrogens is 478 g/mol. The Morgan fingerprint density at radius 1 is 0.947 bits per heavy atom. The predicted molar refractivity (Wildman–Crippen MR) is 149 cm³/mol. The first-order valence-corrected chi connectivity index (χ1v) is 13.5. The van der Waals surface area contributed by atoms with Gasteiger partial charge in [-0.05, 0) is 60.9 Å². The van der Waals surface area contributed by atoms with Crippen LogP contribution in [0.2, 0.25) is 0 Å². The molecule has 7 heteroatoms. The van der Waals surface area contributed by atoms with Gasteiger partial charge in [0, 0.05) is 24.2 Å². The highest BCUT2D eigenvalue weighted by atomic mass is 16.2. The highest BCUT2D eigenvalue weighted by Gasteiger charge is 2.35. The van der Waals surface area contributed by atoms with Crippen molar-refractivity contribution in [3.05, 3.63) is 71.3 Å². The molecule has 1 unspecified atom stereocenters. The second-order valence-corrected chi connectivity index (χ2v) is 11.6. The molecule has 1 fully saturated rings. The summed E-state index contributed by atoms with van der Waals surface area (Å²) in [5.41, 5.74) is 2.13. The van der Waals surface area contributed by atoms with Gasteiger partial charge in [0.1, 0.15) is 6.04 Å². The van der Waals surface area contributed by atoms with Gasteiger partial charge in [0.05, 0.1) is 12.6 Å². The van der Waals surface area contributed by atoms with Crippen LogP contribution in [0.4, 0.5) is 0 Å². The molecule has 38 heavy (non-hydrogen) atoms. The van der Waals surface area contributed by atoms with Crippen LogP contribution in [-0.4, -0.2) is 65.0 Å². The molecule has 2 aromatic carbocycles. The quantitative estimate of drug-likeness (QED) is 0.611. The number of benzene rings is 2. The maximum atomic E-state index is 13.7. The lowest BCUT2D eigenvalue weighted by atomic mass is 9.86. The molecule has 3 amide bonds. The Hall–Kier alpha value is -3.48. The van der Waals surface area contributed by atoms with Crippen LogP contribution >= 0.6 is 0 Å². The lowest BCUT2D eigenvalue weighted by Crippen LogP contribution is -2.56. The summed E-state index contributed by atoms with van der Waals surface area (Å²) < 4.78 is 0. The minimum atomic E-state index is -0.749. The second-order valence-electron chi connectivity index (χ2n) is 11.6. The van der Waals surface area contributed by atoms with Gasteiger partial charge in [-0.3, -0.25) is 19.2 Å². The average Bonchev–Trinajstić information content (AvgIpc) is 2.87. The zero-order valence-corrected chi connectivity index (χ0v) is 23.5. The van der Waals surface area contributed by atoms with Crippen LogP contribution in [-0.2, 0) is 15.0 Å². The van der Waals surface area contributed by atoms with E-state index in [2.05, 4.69) is 26.1 Å². The molecule has 3 rings (SSSR count). The van der Waals surface area contributed by atoms with Crippen molar-refractivity contribution in [3.8, 4) is 0 Å². The topological polar surface area (TPSA) is 86.8 Å². The van der Waals surface area contributed by atoms with Crippen molar-refractivity contribution in [1.29, 1.82) is 0 Å². The number of hydrogen-bond donors (Lipinski definition) is 1. The minimum Gasteiger partial charge on any atom is -0.340 e. The fourth-order valence-corrected chi connectivity index (χ4v) is 4.69. The molecule has 2 atom stereocenters. The number of ketones is 1. The molecule has 0 bridgehead atoms. The number of Topliss-reactive ketones (excluding diaryl/α,β-unsaturated/α-hetero) is 1. The van der Waals surface area contributed by atoms with Crippen LogP contribution in [0.5, 0.6) is 0 Å². The monoisotopic (exact) mass is 519 g/mol. The molecule has 0 aromatic heterocycles. The number of rotatable bonds is 6. The summed E-state index contributed by atoms with van der Waals surface area (Å²) in [4.78, 5) is 56.1. The summed E-state index contributed by atoms with van der Waals surface area (Å²) in [5.74, 6) is -0.799. The highest BCUT2D eigenvalue weighted by Crippen LogP contribution is 2.22. The Morgan fingerprint density at radius 2 is 1.58 bits per heavy atom. The lowest BCUT2D eigenvalue weighted by molar-refractivity contribution is -0.142. The van der Waals surface area contributed by atoms with E-state index in [4.69, 9.17) is 0 Å². The van der Waals surface area contributed by atoms with Crippen LogP contribution in [0.3, 0.4) is 0 Å². The SMILES string of the molecule is CC(C)C[C@H](NC(=O)c1ccc(C(C)(C)C)cc1)C(=O)N1CCCN(C(=O)c2ccccc2)CC(=O)C1C. The first-order chi connectivity index (χ1) is 17.9. The van der Waals surface area contributed by atoms with Gasteiger partial charge in [0.2, 0.25) is 5.91 Å². The number of nitrogens with zero attached hydrogens (tertiary/aromatic N) is 2. The molecule has 0 saturated carbocycles. The molecule has 2 aromatic rings.